The predicted molar refractivity (Wildman–Crippen MR) is 122 cm³/mol. The predicted octanol–water partition coefficient (Wildman–Crippen LogP) is 1.38. The van der Waals surface area contributed by atoms with Gasteiger partial charge in [-0.15, -0.1) is 0 Å². The molecule has 5 unspecified atom stereocenters. The lowest BCUT2D eigenvalue weighted by Crippen LogP contribution is -2.64. The first-order valence-electron chi connectivity index (χ1n) is 12.9. The van der Waals surface area contributed by atoms with Crippen molar-refractivity contribution in [2.75, 3.05) is 13.1 Å². The maximum atomic E-state index is 12.2. The van der Waals surface area contributed by atoms with Crippen molar-refractivity contribution in [3.05, 3.63) is 0 Å². The molecule has 5 atom stereocenters. The third-order valence-corrected chi connectivity index (χ3v) is 7.68. The molecule has 2 aliphatic carbocycles. The van der Waals surface area contributed by atoms with Crippen LogP contribution in [0.15, 0.2) is 0 Å². The average molecular weight is 451 g/mol. The topological polar surface area (TPSA) is 116 Å². The highest BCUT2D eigenvalue weighted by atomic mass is 16.7. The number of hydrazine groups is 1. The zero-order valence-corrected chi connectivity index (χ0v) is 19.3. The Bertz CT molecular complexity index is 615. The van der Waals surface area contributed by atoms with E-state index >= 15 is 0 Å². The van der Waals surface area contributed by atoms with Gasteiger partial charge < -0.3 is 10.6 Å². The van der Waals surface area contributed by atoms with Gasteiger partial charge in [0, 0.05) is 24.8 Å². The van der Waals surface area contributed by atoms with Crippen molar-refractivity contribution in [1.29, 1.82) is 0 Å². The molecule has 0 spiro atoms. The first-order chi connectivity index (χ1) is 15.7. The summed E-state index contributed by atoms with van der Waals surface area (Å²) < 4.78 is 0. The van der Waals surface area contributed by atoms with Crippen LogP contribution in [0.25, 0.3) is 0 Å². The zero-order chi connectivity index (χ0) is 22.2. The van der Waals surface area contributed by atoms with E-state index in [0.717, 1.165) is 38.6 Å². The van der Waals surface area contributed by atoms with Gasteiger partial charge in [0.1, 0.15) is 6.23 Å². The molecule has 4 aliphatic rings. The second-order valence-corrected chi connectivity index (χ2v) is 9.98. The summed E-state index contributed by atoms with van der Waals surface area (Å²) in [6.45, 7) is 1.57. The van der Waals surface area contributed by atoms with Crippen LogP contribution in [-0.2, 0) is 14.4 Å². The van der Waals surface area contributed by atoms with Crippen molar-refractivity contribution < 1.29 is 14.4 Å². The summed E-state index contributed by atoms with van der Waals surface area (Å²) in [6.07, 6.45) is 14.3. The molecule has 182 valence electrons. The molecule has 0 radical (unpaired) electrons. The molecule has 4 rings (SSSR count). The third kappa shape index (κ3) is 6.63. The lowest BCUT2D eigenvalue weighted by atomic mass is 9.76. The Morgan fingerprint density at radius 3 is 2.66 bits per heavy atom. The number of amides is 2. The van der Waals surface area contributed by atoms with Gasteiger partial charge in [0.2, 0.25) is 11.8 Å². The summed E-state index contributed by atoms with van der Waals surface area (Å²) in [5.74, 6) is 1.41. The first kappa shape index (κ1) is 23.9. The molecule has 2 saturated heterocycles. The van der Waals surface area contributed by atoms with Gasteiger partial charge in [0.15, 0.2) is 0 Å². The van der Waals surface area contributed by atoms with Crippen molar-refractivity contribution in [2.45, 2.75) is 102 Å². The smallest absolute Gasteiger partial charge is 0.237 e. The molecule has 2 aliphatic heterocycles. The van der Waals surface area contributed by atoms with Gasteiger partial charge in [0.05, 0.1) is 12.3 Å². The molecular formula is C23H42N6O3. The molecule has 4 fully saturated rings. The zero-order valence-electron chi connectivity index (χ0n) is 19.3. The van der Waals surface area contributed by atoms with Crippen molar-refractivity contribution >= 4 is 11.8 Å². The van der Waals surface area contributed by atoms with Crippen molar-refractivity contribution in [3.63, 3.8) is 0 Å². The average Bonchev–Trinajstić information content (AvgIpc) is 3.31. The molecule has 9 nitrogen and oxygen atoms in total. The maximum Gasteiger partial charge on any atom is 0.237 e. The van der Waals surface area contributed by atoms with Gasteiger partial charge in [-0.2, -0.15) is 5.48 Å². The molecule has 0 aromatic heterocycles. The van der Waals surface area contributed by atoms with Crippen LogP contribution in [0.4, 0.5) is 0 Å². The summed E-state index contributed by atoms with van der Waals surface area (Å²) in [5.41, 5.74) is 9.10. The van der Waals surface area contributed by atoms with Gasteiger partial charge >= 0.3 is 0 Å². The van der Waals surface area contributed by atoms with Gasteiger partial charge in [-0.3, -0.25) is 25.2 Å². The Morgan fingerprint density at radius 2 is 1.78 bits per heavy atom. The summed E-state index contributed by atoms with van der Waals surface area (Å²) in [4.78, 5) is 29.8. The van der Waals surface area contributed by atoms with E-state index in [4.69, 9.17) is 4.84 Å². The summed E-state index contributed by atoms with van der Waals surface area (Å²) >= 11 is 0. The lowest BCUT2D eigenvalue weighted by Gasteiger charge is -2.41. The molecule has 0 bridgehead atoms. The highest BCUT2D eigenvalue weighted by molar-refractivity contribution is 5.79. The van der Waals surface area contributed by atoms with Crippen LogP contribution in [0.5, 0.6) is 0 Å². The van der Waals surface area contributed by atoms with Crippen LogP contribution in [-0.4, -0.2) is 43.5 Å². The number of fused-ring (bicyclic) bond motifs is 1. The summed E-state index contributed by atoms with van der Waals surface area (Å²) in [6, 6.07) is 0. The highest BCUT2D eigenvalue weighted by Gasteiger charge is 2.39. The van der Waals surface area contributed by atoms with E-state index in [2.05, 4.69) is 32.3 Å². The van der Waals surface area contributed by atoms with E-state index in [9.17, 15) is 9.59 Å². The van der Waals surface area contributed by atoms with Gasteiger partial charge in [-0.05, 0) is 57.4 Å². The van der Waals surface area contributed by atoms with Crippen LogP contribution in [0, 0.1) is 17.8 Å². The van der Waals surface area contributed by atoms with Crippen molar-refractivity contribution in [2.24, 2.45) is 17.8 Å². The first-order valence-corrected chi connectivity index (χ1v) is 12.9. The fraction of sp³-hybridized carbons (Fsp3) is 0.913. The second kappa shape index (κ2) is 12.3. The standard InChI is InChI=1S/C23H42N6O3/c30-19(12-13-20-26-21(29-32-20)16-8-2-1-3-9-16)24-14-6-7-15-25-22-17-10-4-5-11-18(17)23(31)28-27-22/h16-18,20-22,25-27,29H,1-15H2,(H,24,30)(H,28,31). The largest absolute Gasteiger partial charge is 0.356 e. The molecular weight excluding hydrogens is 408 g/mol. The van der Waals surface area contributed by atoms with Crippen LogP contribution >= 0.6 is 0 Å². The molecule has 0 aromatic carbocycles. The van der Waals surface area contributed by atoms with Crippen molar-refractivity contribution in [1.82, 2.24) is 32.3 Å². The molecule has 2 amide bonds. The van der Waals surface area contributed by atoms with Crippen LogP contribution < -0.4 is 32.3 Å². The molecule has 0 aromatic rings. The number of hydrogen-bond acceptors (Lipinski definition) is 7. The van der Waals surface area contributed by atoms with Gasteiger partial charge in [0.25, 0.3) is 0 Å². The van der Waals surface area contributed by atoms with E-state index in [0.29, 0.717) is 31.2 Å². The highest BCUT2D eigenvalue weighted by Crippen LogP contribution is 2.33. The second-order valence-electron chi connectivity index (χ2n) is 9.98. The monoisotopic (exact) mass is 450 g/mol. The Morgan fingerprint density at radius 1 is 1.00 bits per heavy atom. The third-order valence-electron chi connectivity index (χ3n) is 7.68. The Kier molecular flexibility index (Phi) is 9.16. The lowest BCUT2D eigenvalue weighted by molar-refractivity contribution is -0.134. The summed E-state index contributed by atoms with van der Waals surface area (Å²) in [7, 11) is 0. The molecule has 2 heterocycles. The number of hydrogen-bond donors (Lipinski definition) is 6. The number of rotatable bonds is 10. The normalized spacial score (nSPS) is 33.5. The molecule has 32 heavy (non-hydrogen) atoms. The maximum absolute atomic E-state index is 12.2. The molecule has 9 heteroatoms. The number of unbranched alkanes of at least 4 members (excludes halogenated alkanes) is 1. The van der Waals surface area contributed by atoms with Gasteiger partial charge in [-0.25, -0.2) is 5.43 Å². The van der Waals surface area contributed by atoms with Crippen LogP contribution in [0.1, 0.15) is 83.5 Å². The number of carbonyl (C=O) groups is 2. The minimum Gasteiger partial charge on any atom is -0.356 e. The van der Waals surface area contributed by atoms with Gasteiger partial charge in [-0.1, -0.05) is 32.1 Å². The Balaban J connectivity index is 1.02. The minimum atomic E-state index is -0.0797. The Labute approximate surface area is 191 Å². The van der Waals surface area contributed by atoms with E-state index in [1.807, 2.05) is 0 Å². The molecule has 6 N–H and O–H groups in total. The van der Waals surface area contributed by atoms with Crippen LogP contribution in [0.3, 0.4) is 0 Å². The minimum absolute atomic E-state index is 0.0797. The summed E-state index contributed by atoms with van der Waals surface area (Å²) in [5, 5.41) is 10.1. The van der Waals surface area contributed by atoms with Crippen LogP contribution in [0.2, 0.25) is 0 Å². The fourth-order valence-corrected chi connectivity index (χ4v) is 5.79. The van der Waals surface area contributed by atoms with E-state index < -0.39 is 0 Å². The number of hydroxylamine groups is 1. The number of carbonyl (C=O) groups excluding carboxylic acids is 2. The quantitative estimate of drug-likeness (QED) is 0.279. The Hall–Kier alpha value is -1.26. The SMILES string of the molecule is O=C(CCC1NC(C2CCCCC2)NO1)NCCCCNC1NNC(=O)C2CCCCC12. The number of nitrogens with one attached hydrogen (secondary N) is 6. The molecule has 2 saturated carbocycles. The van der Waals surface area contributed by atoms with E-state index in [-0.39, 0.29) is 36.3 Å². The van der Waals surface area contributed by atoms with E-state index in [1.54, 1.807) is 0 Å². The van der Waals surface area contributed by atoms with Crippen molar-refractivity contribution in [3.8, 4) is 0 Å². The van der Waals surface area contributed by atoms with E-state index in [1.165, 1.54) is 38.5 Å². The fourth-order valence-electron chi connectivity index (χ4n) is 5.79.